The molecule has 0 aliphatic carbocycles. The van der Waals surface area contributed by atoms with Gasteiger partial charge in [-0.25, -0.2) is 13.2 Å². The fourth-order valence-electron chi connectivity index (χ4n) is 1.55. The first-order valence-electron chi connectivity index (χ1n) is 5.99. The van der Waals surface area contributed by atoms with E-state index in [1.165, 1.54) is 0 Å². The van der Waals surface area contributed by atoms with Crippen LogP contribution in [-0.4, -0.2) is 38.7 Å². The van der Waals surface area contributed by atoms with Crippen LogP contribution in [-0.2, 0) is 10.0 Å². The molecule has 1 rings (SSSR count). The molecule has 0 heterocycles. The summed E-state index contributed by atoms with van der Waals surface area (Å²) in [6, 6.07) is 6.32. The predicted octanol–water partition coefficient (Wildman–Crippen LogP) is 1.93. The van der Waals surface area contributed by atoms with Crippen molar-refractivity contribution in [2.24, 2.45) is 0 Å². The molecule has 0 saturated carbocycles. The maximum atomic E-state index is 11.8. The van der Waals surface area contributed by atoms with E-state index in [1.807, 2.05) is 13.8 Å². The number of urea groups is 1. The van der Waals surface area contributed by atoms with Gasteiger partial charge in [-0.2, -0.15) is 0 Å². The number of nitrogens with zero attached hydrogens (tertiary/aromatic N) is 1. The van der Waals surface area contributed by atoms with Crippen LogP contribution in [0.4, 0.5) is 16.2 Å². The summed E-state index contributed by atoms with van der Waals surface area (Å²) < 4.78 is 24.4. The molecule has 0 atom stereocenters. The molecule has 0 aliphatic heterocycles. The van der Waals surface area contributed by atoms with Crippen molar-refractivity contribution < 1.29 is 13.2 Å². The topological polar surface area (TPSA) is 78.5 Å². The van der Waals surface area contributed by atoms with Crippen molar-refractivity contribution in [3.63, 3.8) is 0 Å². The summed E-state index contributed by atoms with van der Waals surface area (Å²) >= 11 is 0. The van der Waals surface area contributed by atoms with E-state index in [0.29, 0.717) is 24.5 Å². The monoisotopic (exact) mass is 285 g/mol. The summed E-state index contributed by atoms with van der Waals surface area (Å²) in [6.45, 7) is 5.08. The van der Waals surface area contributed by atoms with Gasteiger partial charge in [0, 0.05) is 24.5 Å². The molecule has 2 N–H and O–H groups in total. The Morgan fingerprint density at radius 2 is 1.58 bits per heavy atom. The highest BCUT2D eigenvalue weighted by atomic mass is 32.2. The van der Waals surface area contributed by atoms with E-state index in [0.717, 1.165) is 6.26 Å². The van der Waals surface area contributed by atoms with Gasteiger partial charge in [0.05, 0.1) is 6.26 Å². The number of benzene rings is 1. The standard InChI is InChI=1S/C12H19N3O3S/c1-4-15(5-2)12(16)13-10-6-8-11(9-7-10)14-19(3,17)18/h6-9,14H,4-5H2,1-3H3,(H,13,16). The Labute approximate surface area is 113 Å². The molecular weight excluding hydrogens is 266 g/mol. The fraction of sp³-hybridized carbons (Fsp3) is 0.417. The van der Waals surface area contributed by atoms with E-state index >= 15 is 0 Å². The van der Waals surface area contributed by atoms with Gasteiger partial charge in [0.2, 0.25) is 10.0 Å². The van der Waals surface area contributed by atoms with Gasteiger partial charge in [-0.1, -0.05) is 0 Å². The van der Waals surface area contributed by atoms with E-state index in [2.05, 4.69) is 10.0 Å². The molecule has 0 fully saturated rings. The zero-order valence-corrected chi connectivity index (χ0v) is 12.1. The molecule has 0 aliphatic rings. The zero-order chi connectivity index (χ0) is 14.5. The minimum absolute atomic E-state index is 0.172. The van der Waals surface area contributed by atoms with Gasteiger partial charge in [0.1, 0.15) is 0 Å². The first-order valence-corrected chi connectivity index (χ1v) is 7.88. The second-order valence-electron chi connectivity index (χ2n) is 4.05. The van der Waals surface area contributed by atoms with Gasteiger partial charge >= 0.3 is 6.03 Å². The number of rotatable bonds is 5. The maximum absolute atomic E-state index is 11.8. The molecular formula is C12H19N3O3S. The number of sulfonamides is 1. The number of hydrogen-bond donors (Lipinski definition) is 2. The summed E-state index contributed by atoms with van der Waals surface area (Å²) in [6.07, 6.45) is 1.09. The third-order valence-corrected chi connectivity index (χ3v) is 3.10. The Hall–Kier alpha value is -1.76. The number of amides is 2. The van der Waals surface area contributed by atoms with Crippen molar-refractivity contribution in [1.29, 1.82) is 0 Å². The van der Waals surface area contributed by atoms with Gasteiger partial charge in [0.25, 0.3) is 0 Å². The van der Waals surface area contributed by atoms with Crippen LogP contribution < -0.4 is 10.0 Å². The Kier molecular flexibility index (Phi) is 5.17. The Morgan fingerprint density at radius 3 is 2.00 bits per heavy atom. The molecule has 19 heavy (non-hydrogen) atoms. The molecule has 0 unspecified atom stereocenters. The van der Waals surface area contributed by atoms with Crippen LogP contribution in [0, 0.1) is 0 Å². The van der Waals surface area contributed by atoms with Crippen LogP contribution >= 0.6 is 0 Å². The second-order valence-corrected chi connectivity index (χ2v) is 5.80. The number of hydrogen-bond acceptors (Lipinski definition) is 3. The van der Waals surface area contributed by atoms with Crippen LogP contribution in [0.25, 0.3) is 0 Å². The van der Waals surface area contributed by atoms with Gasteiger partial charge in [0.15, 0.2) is 0 Å². The molecule has 0 saturated heterocycles. The first kappa shape index (κ1) is 15.3. The Bertz CT molecular complexity index is 522. The SMILES string of the molecule is CCN(CC)C(=O)Nc1ccc(NS(C)(=O)=O)cc1. The highest BCUT2D eigenvalue weighted by Gasteiger charge is 2.09. The summed E-state index contributed by atoms with van der Waals surface area (Å²) in [7, 11) is -3.28. The lowest BCUT2D eigenvalue weighted by molar-refractivity contribution is 0.217. The van der Waals surface area contributed by atoms with Crippen molar-refractivity contribution in [3.05, 3.63) is 24.3 Å². The molecule has 1 aromatic rings. The normalized spacial score (nSPS) is 10.9. The first-order chi connectivity index (χ1) is 8.85. The summed E-state index contributed by atoms with van der Waals surface area (Å²) in [5, 5.41) is 2.74. The molecule has 6 nitrogen and oxygen atoms in total. The average molecular weight is 285 g/mol. The highest BCUT2D eigenvalue weighted by molar-refractivity contribution is 7.92. The lowest BCUT2D eigenvalue weighted by atomic mass is 10.3. The molecule has 0 spiro atoms. The number of anilines is 2. The van der Waals surface area contributed by atoms with Crippen LogP contribution in [0.15, 0.2) is 24.3 Å². The van der Waals surface area contributed by atoms with Gasteiger partial charge < -0.3 is 10.2 Å². The van der Waals surface area contributed by atoms with E-state index in [9.17, 15) is 13.2 Å². The van der Waals surface area contributed by atoms with Crippen molar-refractivity contribution in [1.82, 2.24) is 4.90 Å². The average Bonchev–Trinajstić information content (AvgIpc) is 2.31. The predicted molar refractivity (Wildman–Crippen MR) is 76.8 cm³/mol. The second kappa shape index (κ2) is 6.42. The minimum atomic E-state index is -3.28. The molecule has 0 aromatic heterocycles. The number of carbonyl (C=O) groups excluding carboxylic acids is 1. The van der Waals surface area contributed by atoms with Crippen LogP contribution in [0.1, 0.15) is 13.8 Å². The lowest BCUT2D eigenvalue weighted by Gasteiger charge is -2.19. The van der Waals surface area contributed by atoms with Crippen molar-refractivity contribution in [2.45, 2.75) is 13.8 Å². The Balaban J connectivity index is 2.69. The number of carbonyl (C=O) groups is 1. The minimum Gasteiger partial charge on any atom is -0.325 e. The molecule has 0 radical (unpaired) electrons. The van der Waals surface area contributed by atoms with Gasteiger partial charge in [-0.3, -0.25) is 4.72 Å². The Morgan fingerprint density at radius 1 is 1.11 bits per heavy atom. The quantitative estimate of drug-likeness (QED) is 0.867. The zero-order valence-electron chi connectivity index (χ0n) is 11.3. The summed E-state index contributed by atoms with van der Waals surface area (Å²) in [5.74, 6) is 0. The third kappa shape index (κ3) is 5.17. The van der Waals surface area contributed by atoms with E-state index in [4.69, 9.17) is 0 Å². The molecule has 106 valence electrons. The molecule has 1 aromatic carbocycles. The van der Waals surface area contributed by atoms with Crippen molar-refractivity contribution >= 4 is 27.4 Å². The molecule has 0 bridgehead atoms. The number of nitrogens with one attached hydrogen (secondary N) is 2. The van der Waals surface area contributed by atoms with Crippen LogP contribution in [0.2, 0.25) is 0 Å². The van der Waals surface area contributed by atoms with Crippen molar-refractivity contribution in [3.8, 4) is 0 Å². The van der Waals surface area contributed by atoms with Gasteiger partial charge in [-0.15, -0.1) is 0 Å². The highest BCUT2D eigenvalue weighted by Crippen LogP contribution is 2.14. The van der Waals surface area contributed by atoms with Crippen LogP contribution in [0.3, 0.4) is 0 Å². The molecule has 7 heteroatoms. The summed E-state index contributed by atoms with van der Waals surface area (Å²) in [4.78, 5) is 13.4. The van der Waals surface area contributed by atoms with Gasteiger partial charge in [-0.05, 0) is 38.1 Å². The smallest absolute Gasteiger partial charge is 0.321 e. The summed E-state index contributed by atoms with van der Waals surface area (Å²) in [5.41, 5.74) is 1.08. The third-order valence-electron chi connectivity index (χ3n) is 2.49. The largest absolute Gasteiger partial charge is 0.325 e. The molecule has 2 amide bonds. The lowest BCUT2D eigenvalue weighted by Crippen LogP contribution is -2.34. The van der Waals surface area contributed by atoms with E-state index in [1.54, 1.807) is 29.2 Å². The maximum Gasteiger partial charge on any atom is 0.321 e. The van der Waals surface area contributed by atoms with E-state index < -0.39 is 10.0 Å². The fourth-order valence-corrected chi connectivity index (χ4v) is 2.11. The van der Waals surface area contributed by atoms with Crippen molar-refractivity contribution in [2.75, 3.05) is 29.4 Å². The van der Waals surface area contributed by atoms with E-state index in [-0.39, 0.29) is 6.03 Å². The van der Waals surface area contributed by atoms with Crippen LogP contribution in [0.5, 0.6) is 0 Å².